The Balaban J connectivity index is 1.44. The van der Waals surface area contributed by atoms with Gasteiger partial charge in [-0.15, -0.1) is 11.3 Å². The molecule has 0 spiro atoms. The van der Waals surface area contributed by atoms with E-state index in [0.717, 1.165) is 16.0 Å². The summed E-state index contributed by atoms with van der Waals surface area (Å²) in [5.74, 6) is -0.0686. The van der Waals surface area contributed by atoms with E-state index in [4.69, 9.17) is 13.6 Å². The third-order valence-electron chi connectivity index (χ3n) is 7.56. The molecule has 3 heterocycles. The normalized spacial score (nSPS) is 13.2. The molecule has 3 aromatic heterocycles. The highest BCUT2D eigenvalue weighted by atomic mass is 32.1. The van der Waals surface area contributed by atoms with E-state index in [0.29, 0.717) is 18.0 Å². The lowest BCUT2D eigenvalue weighted by atomic mass is 10.0. The number of aromatic nitrogens is 2. The predicted molar refractivity (Wildman–Crippen MR) is 182 cm³/mol. The van der Waals surface area contributed by atoms with Crippen molar-refractivity contribution in [3.63, 3.8) is 0 Å². The first kappa shape index (κ1) is 37.1. The van der Waals surface area contributed by atoms with Gasteiger partial charge in [0.15, 0.2) is 5.89 Å². The molecule has 0 saturated heterocycles. The smallest absolute Gasteiger partial charge is 0.407 e. The van der Waals surface area contributed by atoms with Crippen LogP contribution in [0.3, 0.4) is 0 Å². The molecule has 3 atom stereocenters. The number of urea groups is 1. The minimum atomic E-state index is -1.15. The maximum Gasteiger partial charge on any atom is 0.407 e. The second kappa shape index (κ2) is 18.1. The Morgan fingerprint density at radius 1 is 1.02 bits per heavy atom. The summed E-state index contributed by atoms with van der Waals surface area (Å²) in [6.45, 7) is 7.91. The van der Waals surface area contributed by atoms with Gasteiger partial charge in [-0.3, -0.25) is 15.2 Å². The van der Waals surface area contributed by atoms with E-state index >= 15 is 0 Å². The number of oxazole rings is 1. The Bertz CT molecular complexity index is 1580. The minimum Gasteiger partial charge on any atom is -0.472 e. The van der Waals surface area contributed by atoms with E-state index in [1.807, 2.05) is 58.0 Å². The number of ether oxygens (including phenoxy) is 1. The first-order valence-electron chi connectivity index (χ1n) is 16.0. The zero-order chi connectivity index (χ0) is 35.3. The number of aliphatic hydroxyl groups is 1. The number of thiazole rings is 1. The molecule has 15 heteroatoms. The summed E-state index contributed by atoms with van der Waals surface area (Å²) >= 11 is 1.36. The van der Waals surface area contributed by atoms with Gasteiger partial charge < -0.3 is 34.2 Å². The van der Waals surface area contributed by atoms with Gasteiger partial charge in [-0.2, -0.15) is 0 Å². The van der Waals surface area contributed by atoms with Crippen LogP contribution in [-0.2, 0) is 35.6 Å². The van der Waals surface area contributed by atoms with Gasteiger partial charge >= 0.3 is 12.1 Å². The number of nitrogens with zero attached hydrogens (tertiary/aromatic N) is 4. The molecule has 0 bridgehead atoms. The highest BCUT2D eigenvalue weighted by Crippen LogP contribution is 2.15. The number of alkyl carbamates (subject to hydrolysis) is 1. The van der Waals surface area contributed by atoms with Crippen molar-refractivity contribution in [3.05, 3.63) is 94.5 Å². The van der Waals surface area contributed by atoms with E-state index in [-0.39, 0.29) is 38.1 Å². The summed E-state index contributed by atoms with van der Waals surface area (Å²) in [5, 5.41) is 18.7. The molecule has 264 valence electrons. The Labute approximate surface area is 289 Å². The zero-order valence-electron chi connectivity index (χ0n) is 28.4. The third-order valence-corrected chi connectivity index (χ3v) is 8.31. The number of carbonyl (C=O) groups is 3. The molecular formula is C34H45N7O7S. The number of nitrogens with one attached hydrogen (secondary N) is 3. The minimum absolute atomic E-state index is 0.0440. The number of hydrazine groups is 1. The molecule has 49 heavy (non-hydrogen) atoms. The van der Waals surface area contributed by atoms with Crippen LogP contribution in [0.5, 0.6) is 0 Å². The average molecular weight is 696 g/mol. The van der Waals surface area contributed by atoms with Crippen LogP contribution in [0.1, 0.15) is 61.2 Å². The number of benzene rings is 1. The topological polar surface area (TPSA) is 175 Å². The lowest BCUT2D eigenvalue weighted by molar-refractivity contribution is -0.130. The van der Waals surface area contributed by atoms with Crippen molar-refractivity contribution in [2.24, 2.45) is 5.92 Å². The number of hydrogen-bond acceptors (Lipinski definition) is 11. The molecule has 0 saturated carbocycles. The molecule has 0 aliphatic heterocycles. The molecule has 14 nitrogen and oxygen atoms in total. The Morgan fingerprint density at radius 2 is 1.80 bits per heavy atom. The molecule has 4 aromatic rings. The first-order valence-corrected chi connectivity index (χ1v) is 16.9. The summed E-state index contributed by atoms with van der Waals surface area (Å²) in [6.07, 6.45) is 4.63. The predicted octanol–water partition coefficient (Wildman–Crippen LogP) is 4.45. The van der Waals surface area contributed by atoms with E-state index in [2.05, 4.69) is 26.0 Å². The second-order valence-corrected chi connectivity index (χ2v) is 13.4. The van der Waals surface area contributed by atoms with Crippen LogP contribution in [-0.4, -0.2) is 74.8 Å². The number of amides is 4. The number of rotatable bonds is 17. The highest BCUT2D eigenvalue weighted by Gasteiger charge is 2.30. The van der Waals surface area contributed by atoms with Gasteiger partial charge in [0.1, 0.15) is 18.9 Å². The number of hydrogen-bond donors (Lipinski definition) is 4. The lowest BCUT2D eigenvalue weighted by Gasteiger charge is -2.32. The Kier molecular flexibility index (Phi) is 13.7. The number of aliphatic hydroxyl groups excluding tert-OH is 1. The van der Waals surface area contributed by atoms with Crippen molar-refractivity contribution in [3.8, 4) is 0 Å². The highest BCUT2D eigenvalue weighted by molar-refractivity contribution is 7.09. The molecule has 4 amide bonds. The monoisotopic (exact) mass is 695 g/mol. The number of carbonyl (C=O) groups excluding carboxylic acids is 3. The van der Waals surface area contributed by atoms with Crippen LogP contribution in [0.4, 0.5) is 9.59 Å². The summed E-state index contributed by atoms with van der Waals surface area (Å²) in [5.41, 5.74) is 6.74. The Hall–Kier alpha value is -4.73. The fraction of sp³-hybridized carbons (Fsp3) is 0.441. The van der Waals surface area contributed by atoms with E-state index in [9.17, 15) is 19.5 Å². The third kappa shape index (κ3) is 11.7. The van der Waals surface area contributed by atoms with Crippen molar-refractivity contribution < 1.29 is 33.1 Å². The molecule has 4 rings (SSSR count). The van der Waals surface area contributed by atoms with Crippen molar-refractivity contribution in [2.75, 3.05) is 13.6 Å². The summed E-state index contributed by atoms with van der Waals surface area (Å²) in [4.78, 5) is 50.3. The van der Waals surface area contributed by atoms with E-state index < -0.39 is 36.2 Å². The maximum atomic E-state index is 13.7. The standard InChI is InChI=1S/C34H45N7O7S/c1-22(2)30(38-33(44)40(5)16-26-19-47-32(36-26)23(3)4)31(43)39-41(15-25-11-12-46-18-25)17-29(42)28(13-24-9-7-6-8-10-24)37-34(45)48-20-27-14-35-21-49-27/h6-12,14,18-19,21-23,28-30,42H,13,15-17,20H2,1-5H3,(H,37,45)(H,38,44)(H,39,43)/t28-,29-,30+/m0/s1. The molecule has 0 aliphatic carbocycles. The van der Waals surface area contributed by atoms with Crippen LogP contribution < -0.4 is 16.1 Å². The lowest BCUT2D eigenvalue weighted by Crippen LogP contribution is -2.58. The second-order valence-electron chi connectivity index (χ2n) is 12.4. The molecule has 0 fully saturated rings. The summed E-state index contributed by atoms with van der Waals surface area (Å²) in [6, 6.07) is 9.01. The van der Waals surface area contributed by atoms with Crippen molar-refractivity contribution in [1.82, 2.24) is 35.9 Å². The summed E-state index contributed by atoms with van der Waals surface area (Å²) in [7, 11) is 1.61. The van der Waals surface area contributed by atoms with Crippen LogP contribution >= 0.6 is 11.3 Å². The van der Waals surface area contributed by atoms with E-state index in [1.165, 1.54) is 40.0 Å². The summed E-state index contributed by atoms with van der Waals surface area (Å²) < 4.78 is 16.1. The maximum absolute atomic E-state index is 13.7. The molecule has 0 radical (unpaired) electrons. The number of furan rings is 1. The van der Waals surface area contributed by atoms with Gasteiger partial charge in [-0.25, -0.2) is 19.6 Å². The first-order chi connectivity index (χ1) is 23.5. The molecule has 4 N–H and O–H groups in total. The van der Waals surface area contributed by atoms with Crippen LogP contribution in [0, 0.1) is 5.92 Å². The van der Waals surface area contributed by atoms with Crippen molar-refractivity contribution in [2.45, 2.75) is 77.9 Å². The molecule has 0 aliphatic rings. The Morgan fingerprint density at radius 3 is 2.43 bits per heavy atom. The largest absolute Gasteiger partial charge is 0.472 e. The molecular weight excluding hydrogens is 650 g/mol. The van der Waals surface area contributed by atoms with E-state index in [1.54, 1.807) is 24.8 Å². The fourth-order valence-electron chi connectivity index (χ4n) is 4.88. The quantitative estimate of drug-likeness (QED) is 0.116. The van der Waals surface area contributed by atoms with Gasteiger partial charge in [-0.1, -0.05) is 58.0 Å². The fourth-order valence-corrected chi connectivity index (χ4v) is 5.38. The average Bonchev–Trinajstić information content (AvgIpc) is 3.86. The van der Waals surface area contributed by atoms with Crippen LogP contribution in [0.15, 0.2) is 75.7 Å². The SMILES string of the molecule is CC(C)c1nc(CN(C)C(=O)N[C@@H](C(=O)NN(Cc2ccoc2)C[C@H](O)[C@H](Cc2ccccc2)NC(=O)OCc2cncs2)C(C)C)co1. The van der Waals surface area contributed by atoms with Crippen LogP contribution in [0.2, 0.25) is 0 Å². The van der Waals surface area contributed by atoms with Gasteiger partial charge in [0.25, 0.3) is 5.91 Å². The zero-order valence-corrected chi connectivity index (χ0v) is 29.2. The van der Waals surface area contributed by atoms with Crippen molar-refractivity contribution in [1.29, 1.82) is 0 Å². The van der Waals surface area contributed by atoms with Crippen LogP contribution in [0.25, 0.3) is 0 Å². The van der Waals surface area contributed by atoms with Gasteiger partial charge in [0.05, 0.1) is 47.3 Å². The van der Waals surface area contributed by atoms with Gasteiger partial charge in [0, 0.05) is 37.8 Å². The molecule has 1 aromatic carbocycles. The van der Waals surface area contributed by atoms with Crippen molar-refractivity contribution >= 4 is 29.4 Å². The van der Waals surface area contributed by atoms with Gasteiger partial charge in [0.2, 0.25) is 0 Å². The van der Waals surface area contributed by atoms with Gasteiger partial charge in [-0.05, 0) is 24.0 Å². The molecule has 0 unspecified atom stereocenters.